The van der Waals surface area contributed by atoms with Crippen molar-refractivity contribution >= 4 is 34.2 Å². The molecule has 0 spiro atoms. The van der Waals surface area contributed by atoms with E-state index in [-0.39, 0.29) is 5.96 Å². The number of pyridine rings is 1. The van der Waals surface area contributed by atoms with Crippen LogP contribution >= 0.6 is 11.6 Å². The zero-order valence-corrected chi connectivity index (χ0v) is 14.9. The first-order valence-electron chi connectivity index (χ1n) is 7.83. The number of nitrogens with two attached hydrogens (primary N) is 2. The van der Waals surface area contributed by atoms with Crippen molar-refractivity contribution in [3.8, 4) is 11.1 Å². The highest BCUT2D eigenvalue weighted by atomic mass is 35.5. The van der Waals surface area contributed by atoms with Gasteiger partial charge in [0, 0.05) is 27.2 Å². The van der Waals surface area contributed by atoms with E-state index in [1.54, 1.807) is 0 Å². The van der Waals surface area contributed by atoms with Gasteiger partial charge in [-0.2, -0.15) is 0 Å². The van der Waals surface area contributed by atoms with Crippen molar-refractivity contribution in [1.82, 2.24) is 4.98 Å². The summed E-state index contributed by atoms with van der Waals surface area (Å²) in [6, 6.07) is 13.7. The lowest BCUT2D eigenvalue weighted by Gasteiger charge is -2.15. The standard InChI is InChI=1S/C20H19ClN4/c1-11-12(2)24-18-9-8-14(13(3)25-20(22)23)10-16(18)19(11)15-6-4-5-7-17(15)21/h4-10H,3H2,1-2H3,(H4,22,23,25). The molecular weight excluding hydrogens is 332 g/mol. The molecule has 0 unspecified atom stereocenters. The summed E-state index contributed by atoms with van der Waals surface area (Å²) < 4.78 is 0. The molecule has 0 amide bonds. The summed E-state index contributed by atoms with van der Waals surface area (Å²) in [6.07, 6.45) is 0. The first kappa shape index (κ1) is 17.0. The van der Waals surface area contributed by atoms with Gasteiger partial charge < -0.3 is 11.5 Å². The summed E-state index contributed by atoms with van der Waals surface area (Å²) in [5.74, 6) is -0.0189. The number of hydrogen-bond acceptors (Lipinski definition) is 2. The van der Waals surface area contributed by atoms with E-state index >= 15 is 0 Å². The zero-order chi connectivity index (χ0) is 18.1. The maximum atomic E-state index is 6.46. The molecule has 0 saturated carbocycles. The summed E-state index contributed by atoms with van der Waals surface area (Å²) in [4.78, 5) is 8.74. The third kappa shape index (κ3) is 3.21. The third-order valence-corrected chi connectivity index (χ3v) is 4.54. The second-order valence-corrected chi connectivity index (χ2v) is 6.30. The van der Waals surface area contributed by atoms with Gasteiger partial charge in [0.2, 0.25) is 0 Å². The molecule has 0 aliphatic rings. The lowest BCUT2D eigenvalue weighted by molar-refractivity contribution is 1.20. The lowest BCUT2D eigenvalue weighted by atomic mass is 9.94. The fraction of sp³-hybridized carbons (Fsp3) is 0.100. The molecule has 3 rings (SSSR count). The van der Waals surface area contributed by atoms with Crippen LogP contribution in [-0.2, 0) is 0 Å². The average Bonchev–Trinajstić information content (AvgIpc) is 2.56. The molecule has 0 saturated heterocycles. The van der Waals surface area contributed by atoms with Crippen LogP contribution in [0.15, 0.2) is 54.0 Å². The highest BCUT2D eigenvalue weighted by Gasteiger charge is 2.14. The van der Waals surface area contributed by atoms with Gasteiger partial charge in [-0.1, -0.05) is 42.4 Å². The van der Waals surface area contributed by atoms with Gasteiger partial charge in [-0.15, -0.1) is 0 Å². The molecule has 126 valence electrons. The largest absolute Gasteiger partial charge is 0.370 e. The minimum absolute atomic E-state index is 0.0189. The Morgan fingerprint density at radius 2 is 1.84 bits per heavy atom. The molecule has 1 heterocycles. The van der Waals surface area contributed by atoms with Crippen LogP contribution in [-0.4, -0.2) is 10.9 Å². The summed E-state index contributed by atoms with van der Waals surface area (Å²) in [5, 5.41) is 1.69. The van der Waals surface area contributed by atoms with E-state index in [0.717, 1.165) is 38.9 Å². The molecule has 3 aromatic rings. The van der Waals surface area contributed by atoms with E-state index in [4.69, 9.17) is 28.1 Å². The molecule has 0 radical (unpaired) electrons. The van der Waals surface area contributed by atoms with Crippen molar-refractivity contribution in [3.63, 3.8) is 0 Å². The van der Waals surface area contributed by atoms with E-state index in [1.807, 2.05) is 49.4 Å². The molecular formula is C20H19ClN4. The number of halogens is 1. The molecule has 2 aromatic carbocycles. The number of aliphatic imine (C=N–C) groups is 1. The van der Waals surface area contributed by atoms with E-state index in [9.17, 15) is 0 Å². The Labute approximate surface area is 151 Å². The van der Waals surface area contributed by atoms with E-state index in [1.165, 1.54) is 0 Å². The summed E-state index contributed by atoms with van der Waals surface area (Å²) in [7, 11) is 0. The van der Waals surface area contributed by atoms with Gasteiger partial charge in [-0.05, 0) is 43.2 Å². The number of aryl methyl sites for hydroxylation is 1. The molecule has 1 aromatic heterocycles. The van der Waals surface area contributed by atoms with Crippen LogP contribution in [0.1, 0.15) is 16.8 Å². The first-order valence-corrected chi connectivity index (χ1v) is 8.21. The summed E-state index contributed by atoms with van der Waals surface area (Å²) in [6.45, 7) is 7.99. The Morgan fingerprint density at radius 3 is 2.52 bits per heavy atom. The second kappa shape index (κ2) is 6.57. The normalized spacial score (nSPS) is 10.7. The number of rotatable bonds is 3. The van der Waals surface area contributed by atoms with E-state index in [2.05, 4.69) is 18.5 Å². The Balaban J connectivity index is 2.34. The van der Waals surface area contributed by atoms with Crippen LogP contribution in [0, 0.1) is 13.8 Å². The van der Waals surface area contributed by atoms with Crippen LogP contribution in [0.2, 0.25) is 5.02 Å². The van der Waals surface area contributed by atoms with Crippen molar-refractivity contribution in [2.75, 3.05) is 0 Å². The minimum Gasteiger partial charge on any atom is -0.370 e. The fourth-order valence-corrected chi connectivity index (χ4v) is 3.12. The highest BCUT2D eigenvalue weighted by Crippen LogP contribution is 2.37. The third-order valence-electron chi connectivity index (χ3n) is 4.21. The van der Waals surface area contributed by atoms with Gasteiger partial charge in [-0.25, -0.2) is 4.99 Å². The monoisotopic (exact) mass is 350 g/mol. The molecule has 0 aliphatic heterocycles. The lowest BCUT2D eigenvalue weighted by Crippen LogP contribution is -2.22. The van der Waals surface area contributed by atoms with E-state index < -0.39 is 0 Å². The molecule has 0 fully saturated rings. The Hall–Kier alpha value is -2.85. The highest BCUT2D eigenvalue weighted by molar-refractivity contribution is 6.33. The first-order chi connectivity index (χ1) is 11.9. The second-order valence-electron chi connectivity index (χ2n) is 5.89. The van der Waals surface area contributed by atoms with E-state index in [0.29, 0.717) is 10.7 Å². The Bertz CT molecular complexity index is 1020. The zero-order valence-electron chi connectivity index (χ0n) is 14.2. The smallest absolute Gasteiger partial charge is 0.191 e. The predicted octanol–water partition coefficient (Wildman–Crippen LogP) is 4.42. The van der Waals surface area contributed by atoms with Crippen LogP contribution in [0.25, 0.3) is 27.7 Å². The van der Waals surface area contributed by atoms with Gasteiger partial charge in [0.1, 0.15) is 0 Å². The topological polar surface area (TPSA) is 77.3 Å². The predicted molar refractivity (Wildman–Crippen MR) is 107 cm³/mol. The number of aromatic nitrogens is 1. The van der Waals surface area contributed by atoms with Crippen molar-refractivity contribution in [3.05, 3.63) is 70.9 Å². The van der Waals surface area contributed by atoms with Gasteiger partial charge >= 0.3 is 0 Å². The maximum absolute atomic E-state index is 6.46. The number of benzene rings is 2. The molecule has 0 atom stereocenters. The molecule has 5 heteroatoms. The fourth-order valence-electron chi connectivity index (χ4n) is 2.89. The number of fused-ring (bicyclic) bond motifs is 1. The number of guanidine groups is 1. The number of hydrogen-bond donors (Lipinski definition) is 2. The van der Waals surface area contributed by atoms with Crippen LogP contribution in [0.5, 0.6) is 0 Å². The summed E-state index contributed by atoms with van der Waals surface area (Å²) in [5.41, 5.74) is 17.3. The average molecular weight is 351 g/mol. The van der Waals surface area contributed by atoms with Gasteiger partial charge in [0.25, 0.3) is 0 Å². The molecule has 0 aliphatic carbocycles. The van der Waals surface area contributed by atoms with Crippen molar-refractivity contribution in [2.24, 2.45) is 16.5 Å². The van der Waals surface area contributed by atoms with Gasteiger partial charge in [0.05, 0.1) is 11.2 Å². The summed E-state index contributed by atoms with van der Waals surface area (Å²) >= 11 is 6.46. The SMILES string of the molecule is C=C(N=C(N)N)c1ccc2nc(C)c(C)c(-c3ccccc3Cl)c2c1. The van der Waals surface area contributed by atoms with Crippen LogP contribution < -0.4 is 11.5 Å². The van der Waals surface area contributed by atoms with Crippen LogP contribution in [0.3, 0.4) is 0 Å². The van der Waals surface area contributed by atoms with Gasteiger partial charge in [-0.3, -0.25) is 4.98 Å². The van der Waals surface area contributed by atoms with Crippen molar-refractivity contribution in [1.29, 1.82) is 0 Å². The molecule has 4 nitrogen and oxygen atoms in total. The van der Waals surface area contributed by atoms with Crippen molar-refractivity contribution in [2.45, 2.75) is 13.8 Å². The number of nitrogens with zero attached hydrogens (tertiary/aromatic N) is 2. The van der Waals surface area contributed by atoms with Crippen molar-refractivity contribution < 1.29 is 0 Å². The molecule has 4 N–H and O–H groups in total. The quantitative estimate of drug-likeness (QED) is 0.542. The minimum atomic E-state index is -0.0189. The van der Waals surface area contributed by atoms with Crippen LogP contribution in [0.4, 0.5) is 0 Å². The maximum Gasteiger partial charge on any atom is 0.191 e. The Kier molecular flexibility index (Phi) is 4.47. The van der Waals surface area contributed by atoms with Gasteiger partial charge in [0.15, 0.2) is 5.96 Å². The molecule has 0 bridgehead atoms. The Morgan fingerprint density at radius 1 is 1.12 bits per heavy atom. The molecule has 25 heavy (non-hydrogen) atoms.